The number of fused-ring (bicyclic) bond motifs is 1. The van der Waals surface area contributed by atoms with Crippen LogP contribution in [0.5, 0.6) is 0 Å². The van der Waals surface area contributed by atoms with Gasteiger partial charge in [-0.05, 0) is 37.6 Å². The summed E-state index contributed by atoms with van der Waals surface area (Å²) in [6.45, 7) is 2.06. The summed E-state index contributed by atoms with van der Waals surface area (Å²) >= 11 is 0. The Morgan fingerprint density at radius 1 is 1.11 bits per heavy atom. The third kappa shape index (κ3) is 3.56. The van der Waals surface area contributed by atoms with Gasteiger partial charge >= 0.3 is 6.18 Å². The molecule has 0 saturated carbocycles. The molecule has 146 valence electrons. The number of aromatic nitrogens is 4. The van der Waals surface area contributed by atoms with Gasteiger partial charge in [-0.1, -0.05) is 0 Å². The first-order chi connectivity index (χ1) is 13.3. The van der Waals surface area contributed by atoms with E-state index in [0.717, 1.165) is 23.7 Å². The lowest BCUT2D eigenvalue weighted by Crippen LogP contribution is -2.22. The molecule has 5 nitrogen and oxygen atoms in total. The van der Waals surface area contributed by atoms with E-state index in [4.69, 9.17) is 0 Å². The van der Waals surface area contributed by atoms with E-state index in [-0.39, 0.29) is 6.54 Å². The summed E-state index contributed by atoms with van der Waals surface area (Å²) in [6.07, 6.45) is -1.25. The number of aryl methyl sites for hydroxylation is 2. The van der Waals surface area contributed by atoms with E-state index in [9.17, 15) is 17.6 Å². The van der Waals surface area contributed by atoms with Gasteiger partial charge in [-0.2, -0.15) is 13.2 Å². The van der Waals surface area contributed by atoms with Crippen LogP contribution in [-0.4, -0.2) is 25.7 Å². The lowest BCUT2D eigenvalue weighted by molar-refractivity contribution is -0.137. The minimum Gasteiger partial charge on any atom is -0.339 e. The van der Waals surface area contributed by atoms with Crippen LogP contribution in [-0.2, 0) is 19.1 Å². The van der Waals surface area contributed by atoms with Gasteiger partial charge in [-0.3, -0.25) is 4.98 Å². The zero-order chi connectivity index (χ0) is 19.9. The maximum atomic E-state index is 13.9. The minimum absolute atomic E-state index is 0.226. The van der Waals surface area contributed by atoms with Crippen molar-refractivity contribution in [1.29, 1.82) is 0 Å². The van der Waals surface area contributed by atoms with E-state index in [0.29, 0.717) is 35.7 Å². The van der Waals surface area contributed by atoms with Gasteiger partial charge in [0.05, 0.1) is 35.9 Å². The van der Waals surface area contributed by atoms with Crippen molar-refractivity contribution in [3.05, 3.63) is 53.7 Å². The average molecular weight is 391 g/mol. The maximum Gasteiger partial charge on any atom is 0.416 e. The predicted octanol–water partition coefficient (Wildman–Crippen LogP) is 4.70. The fourth-order valence-corrected chi connectivity index (χ4v) is 3.35. The Balaban J connectivity index is 1.62. The summed E-state index contributed by atoms with van der Waals surface area (Å²) in [5, 5.41) is 2.95. The first-order valence-electron chi connectivity index (χ1n) is 8.78. The van der Waals surface area contributed by atoms with Gasteiger partial charge in [0.15, 0.2) is 0 Å². The predicted molar refractivity (Wildman–Crippen MR) is 95.9 cm³/mol. The molecule has 0 amide bonds. The highest BCUT2D eigenvalue weighted by atomic mass is 19.4. The van der Waals surface area contributed by atoms with Crippen molar-refractivity contribution in [2.24, 2.45) is 0 Å². The lowest BCUT2D eigenvalue weighted by atomic mass is 10.1. The second-order valence-electron chi connectivity index (χ2n) is 6.70. The first kappa shape index (κ1) is 18.4. The fraction of sp³-hybridized carbons (Fsp3) is 0.316. The molecule has 2 aromatic heterocycles. The molecule has 0 bridgehead atoms. The number of nitrogens with zero attached hydrogens (tertiary/aromatic N) is 4. The van der Waals surface area contributed by atoms with Crippen LogP contribution < -0.4 is 5.32 Å². The maximum absolute atomic E-state index is 13.9. The second-order valence-corrected chi connectivity index (χ2v) is 6.70. The van der Waals surface area contributed by atoms with Crippen LogP contribution in [0.1, 0.15) is 23.5 Å². The topological polar surface area (TPSA) is 55.6 Å². The normalized spacial score (nSPS) is 16.7. The van der Waals surface area contributed by atoms with Crippen molar-refractivity contribution in [1.82, 2.24) is 19.5 Å². The Hall–Kier alpha value is -2.97. The van der Waals surface area contributed by atoms with E-state index in [2.05, 4.69) is 20.3 Å². The van der Waals surface area contributed by atoms with Crippen molar-refractivity contribution >= 4 is 11.5 Å². The smallest absolute Gasteiger partial charge is 0.339 e. The van der Waals surface area contributed by atoms with Crippen molar-refractivity contribution in [2.75, 3.05) is 5.32 Å². The summed E-state index contributed by atoms with van der Waals surface area (Å²) in [5.74, 6) is 1.20. The molecule has 1 aliphatic rings. The number of hydrogen-bond acceptors (Lipinski definition) is 4. The van der Waals surface area contributed by atoms with Crippen molar-refractivity contribution in [3.63, 3.8) is 0 Å². The second kappa shape index (κ2) is 6.88. The van der Waals surface area contributed by atoms with Gasteiger partial charge in [-0.25, -0.2) is 14.4 Å². The molecule has 9 heteroatoms. The number of rotatable bonds is 3. The van der Waals surface area contributed by atoms with Crippen LogP contribution in [0.4, 0.5) is 29.1 Å². The Morgan fingerprint density at radius 3 is 2.57 bits per heavy atom. The number of imidazole rings is 1. The third-order valence-corrected chi connectivity index (χ3v) is 4.64. The molecular formula is C19H17F4N5. The molecular weight excluding hydrogens is 374 g/mol. The molecule has 4 rings (SSSR count). The fourth-order valence-electron chi connectivity index (χ4n) is 3.35. The molecule has 1 N–H and O–H groups in total. The van der Waals surface area contributed by atoms with Gasteiger partial charge in [0.1, 0.15) is 23.5 Å². The molecule has 3 heterocycles. The van der Waals surface area contributed by atoms with Gasteiger partial charge in [0.2, 0.25) is 0 Å². The third-order valence-electron chi connectivity index (χ3n) is 4.64. The minimum atomic E-state index is -4.38. The highest BCUT2D eigenvalue weighted by molar-refractivity contribution is 5.62. The Morgan fingerprint density at radius 2 is 1.86 bits per heavy atom. The van der Waals surface area contributed by atoms with E-state index < -0.39 is 17.9 Å². The van der Waals surface area contributed by atoms with Crippen LogP contribution in [0.2, 0.25) is 0 Å². The van der Waals surface area contributed by atoms with Gasteiger partial charge in [-0.15, -0.1) is 0 Å². The van der Waals surface area contributed by atoms with E-state index in [1.54, 1.807) is 6.20 Å². The SMILES string of the molecule is Cc1nc2n(c1-c1cncc(Nc3ccc(C(F)(F)F)cc3)n1)CC(F)CC2. The quantitative estimate of drug-likeness (QED) is 0.658. The highest BCUT2D eigenvalue weighted by Crippen LogP contribution is 2.31. The van der Waals surface area contributed by atoms with Gasteiger partial charge < -0.3 is 9.88 Å². The molecule has 1 atom stereocenters. The molecule has 0 spiro atoms. The van der Waals surface area contributed by atoms with E-state index in [1.165, 1.54) is 18.3 Å². The zero-order valence-electron chi connectivity index (χ0n) is 15.0. The Bertz CT molecular complexity index is 995. The number of halogens is 4. The molecule has 3 aromatic rings. The monoisotopic (exact) mass is 391 g/mol. The van der Waals surface area contributed by atoms with Crippen LogP contribution in [0.25, 0.3) is 11.4 Å². The molecule has 0 radical (unpaired) electrons. The van der Waals surface area contributed by atoms with Gasteiger partial charge in [0.25, 0.3) is 0 Å². The van der Waals surface area contributed by atoms with Crippen molar-refractivity contribution < 1.29 is 17.6 Å². The number of nitrogens with one attached hydrogen (secondary N) is 1. The van der Waals surface area contributed by atoms with Crippen molar-refractivity contribution in [3.8, 4) is 11.4 Å². The summed E-state index contributed by atoms with van der Waals surface area (Å²) < 4.78 is 53.7. The summed E-state index contributed by atoms with van der Waals surface area (Å²) in [5.41, 5.74) is 1.71. The molecule has 0 aliphatic carbocycles. The van der Waals surface area contributed by atoms with Crippen LogP contribution in [0.15, 0.2) is 36.7 Å². The molecule has 0 saturated heterocycles. The summed E-state index contributed by atoms with van der Waals surface area (Å²) in [7, 11) is 0. The molecule has 1 aliphatic heterocycles. The zero-order valence-corrected chi connectivity index (χ0v) is 15.0. The lowest BCUT2D eigenvalue weighted by Gasteiger charge is -2.19. The number of anilines is 2. The Labute approximate surface area is 158 Å². The molecule has 28 heavy (non-hydrogen) atoms. The van der Waals surface area contributed by atoms with Crippen LogP contribution in [0.3, 0.4) is 0 Å². The molecule has 1 unspecified atom stereocenters. The first-order valence-corrected chi connectivity index (χ1v) is 8.78. The van der Waals surface area contributed by atoms with Crippen molar-refractivity contribution in [2.45, 2.75) is 38.7 Å². The summed E-state index contributed by atoms with van der Waals surface area (Å²) in [6, 6.07) is 4.66. The van der Waals surface area contributed by atoms with E-state index >= 15 is 0 Å². The standard InChI is InChI=1S/C19H17F4N5/c1-11-18(28-10-13(20)4-7-17(28)25-11)15-8-24-9-16(27-15)26-14-5-2-12(3-6-14)19(21,22)23/h2-3,5-6,8-9,13H,4,7,10H2,1H3,(H,26,27). The summed E-state index contributed by atoms with van der Waals surface area (Å²) in [4.78, 5) is 13.2. The molecule has 0 fully saturated rings. The number of benzene rings is 1. The highest BCUT2D eigenvalue weighted by Gasteiger charge is 2.30. The number of alkyl halides is 4. The van der Waals surface area contributed by atoms with Crippen LogP contribution in [0, 0.1) is 6.92 Å². The largest absolute Gasteiger partial charge is 0.416 e. The average Bonchev–Trinajstić information content (AvgIpc) is 2.96. The van der Waals surface area contributed by atoms with Crippen LogP contribution >= 0.6 is 0 Å². The Kier molecular flexibility index (Phi) is 4.52. The van der Waals surface area contributed by atoms with Gasteiger partial charge in [0, 0.05) is 12.1 Å². The number of hydrogen-bond donors (Lipinski definition) is 1. The molecule has 1 aromatic carbocycles. The van der Waals surface area contributed by atoms with E-state index in [1.807, 2.05) is 11.5 Å².